The summed E-state index contributed by atoms with van der Waals surface area (Å²) in [4.78, 5) is 2.61. The Morgan fingerprint density at radius 1 is 1.33 bits per heavy atom. The summed E-state index contributed by atoms with van der Waals surface area (Å²) >= 11 is 0. The normalized spacial score (nSPS) is 23.8. The lowest BCUT2D eigenvalue weighted by molar-refractivity contribution is 0.107. The second-order valence-corrected chi connectivity index (χ2v) is 6.22. The zero-order chi connectivity index (χ0) is 15.2. The topological polar surface area (TPSA) is 53.0 Å². The van der Waals surface area contributed by atoms with Crippen molar-refractivity contribution in [1.29, 1.82) is 5.26 Å². The second kappa shape index (κ2) is 7.59. The van der Waals surface area contributed by atoms with E-state index < -0.39 is 0 Å². The Morgan fingerprint density at radius 2 is 2.05 bits per heavy atom. The zero-order valence-corrected chi connectivity index (χ0v) is 13.3. The highest BCUT2D eigenvalue weighted by Crippen LogP contribution is 2.30. The maximum atomic E-state index is 9.09. The smallest absolute Gasteiger partial charge is 0.0991 e. The van der Waals surface area contributed by atoms with E-state index in [1.165, 1.54) is 18.4 Å². The molecule has 1 aliphatic rings. The molecule has 2 N–H and O–H groups in total. The first-order valence-electron chi connectivity index (χ1n) is 8.17. The van der Waals surface area contributed by atoms with Gasteiger partial charge in [0.1, 0.15) is 0 Å². The molecular weight excluding hydrogens is 258 g/mol. The van der Waals surface area contributed by atoms with Crippen molar-refractivity contribution in [1.82, 2.24) is 4.90 Å². The first kappa shape index (κ1) is 16.0. The number of hydrogen-bond donors (Lipinski definition) is 1. The summed E-state index contributed by atoms with van der Waals surface area (Å²) in [5, 5.41) is 9.09. The van der Waals surface area contributed by atoms with Crippen LogP contribution in [-0.4, -0.2) is 23.5 Å². The summed E-state index contributed by atoms with van der Waals surface area (Å²) in [5.41, 5.74) is 8.04. The van der Waals surface area contributed by atoms with E-state index in [0.29, 0.717) is 18.1 Å². The van der Waals surface area contributed by atoms with Gasteiger partial charge in [-0.25, -0.2) is 0 Å². The van der Waals surface area contributed by atoms with Crippen LogP contribution in [0.5, 0.6) is 0 Å². The zero-order valence-electron chi connectivity index (χ0n) is 13.3. The van der Waals surface area contributed by atoms with Crippen molar-refractivity contribution in [3.05, 3.63) is 35.4 Å². The van der Waals surface area contributed by atoms with Crippen LogP contribution in [-0.2, 0) is 0 Å². The average Bonchev–Trinajstić information content (AvgIpc) is 2.53. The van der Waals surface area contributed by atoms with Gasteiger partial charge in [0.2, 0.25) is 0 Å². The molecule has 0 amide bonds. The van der Waals surface area contributed by atoms with E-state index in [0.717, 1.165) is 31.4 Å². The van der Waals surface area contributed by atoms with E-state index in [4.69, 9.17) is 11.0 Å². The minimum absolute atomic E-state index is 0.359. The lowest BCUT2D eigenvalue weighted by Gasteiger charge is -2.40. The van der Waals surface area contributed by atoms with Gasteiger partial charge in [0, 0.05) is 18.1 Å². The molecule has 1 aliphatic carbocycles. The van der Waals surface area contributed by atoms with Crippen LogP contribution < -0.4 is 5.73 Å². The van der Waals surface area contributed by atoms with Crippen LogP contribution in [0.1, 0.15) is 63.1 Å². The molecule has 3 nitrogen and oxygen atoms in total. The lowest BCUT2D eigenvalue weighted by atomic mass is 9.89. The van der Waals surface area contributed by atoms with Crippen molar-refractivity contribution in [2.45, 2.75) is 64.1 Å². The van der Waals surface area contributed by atoms with E-state index in [1.54, 1.807) is 0 Å². The lowest BCUT2D eigenvalue weighted by Crippen LogP contribution is -2.42. The van der Waals surface area contributed by atoms with Gasteiger partial charge in [0.15, 0.2) is 0 Å². The number of nitrogens with two attached hydrogens (primary N) is 1. The summed E-state index contributed by atoms with van der Waals surface area (Å²) < 4.78 is 0. The Kier molecular flexibility index (Phi) is 5.78. The van der Waals surface area contributed by atoms with Gasteiger partial charge in [-0.3, -0.25) is 4.90 Å². The molecular formula is C18H27N3. The standard InChI is InChI=1S/C18H27N3/c1-3-11-21(18-9-7-17(20)8-10-18)14(2)16-6-4-5-15(12-16)13-19/h4-6,12,14,17-18H,3,7-11,20H2,1-2H3. The second-order valence-electron chi connectivity index (χ2n) is 6.22. The summed E-state index contributed by atoms with van der Waals surface area (Å²) in [6.07, 6.45) is 5.82. The molecule has 1 fully saturated rings. The molecule has 1 unspecified atom stereocenters. The monoisotopic (exact) mass is 285 g/mol. The van der Waals surface area contributed by atoms with E-state index in [2.05, 4.69) is 30.9 Å². The quantitative estimate of drug-likeness (QED) is 0.899. The third-order valence-corrected chi connectivity index (χ3v) is 4.69. The Balaban J connectivity index is 2.14. The van der Waals surface area contributed by atoms with E-state index in [9.17, 15) is 0 Å². The maximum absolute atomic E-state index is 9.09. The molecule has 1 atom stereocenters. The molecule has 0 spiro atoms. The molecule has 0 heterocycles. The van der Waals surface area contributed by atoms with Gasteiger partial charge >= 0.3 is 0 Å². The maximum Gasteiger partial charge on any atom is 0.0991 e. The molecule has 21 heavy (non-hydrogen) atoms. The number of hydrogen-bond acceptors (Lipinski definition) is 3. The van der Waals surface area contributed by atoms with Crippen molar-refractivity contribution in [2.75, 3.05) is 6.54 Å². The van der Waals surface area contributed by atoms with Crippen LogP contribution in [0.25, 0.3) is 0 Å². The molecule has 2 rings (SSSR count). The minimum atomic E-state index is 0.359. The predicted octanol–water partition coefficient (Wildman–Crippen LogP) is 3.60. The third kappa shape index (κ3) is 4.06. The predicted molar refractivity (Wildman–Crippen MR) is 86.8 cm³/mol. The summed E-state index contributed by atoms with van der Waals surface area (Å²) in [6.45, 7) is 5.61. The minimum Gasteiger partial charge on any atom is -0.328 e. The summed E-state index contributed by atoms with van der Waals surface area (Å²) in [5.74, 6) is 0. The van der Waals surface area contributed by atoms with Gasteiger partial charge in [-0.2, -0.15) is 5.26 Å². The first-order chi connectivity index (χ1) is 10.2. The van der Waals surface area contributed by atoms with Gasteiger partial charge in [-0.1, -0.05) is 19.1 Å². The fourth-order valence-electron chi connectivity index (χ4n) is 3.44. The molecule has 3 heteroatoms. The van der Waals surface area contributed by atoms with Crippen LogP contribution in [0.3, 0.4) is 0 Å². The Labute approximate surface area is 128 Å². The number of benzene rings is 1. The fourth-order valence-corrected chi connectivity index (χ4v) is 3.44. The van der Waals surface area contributed by atoms with E-state index >= 15 is 0 Å². The molecule has 0 bridgehead atoms. The SMILES string of the molecule is CCCN(C1CCC(N)CC1)C(C)c1cccc(C#N)c1. The molecule has 1 aromatic carbocycles. The summed E-state index contributed by atoms with van der Waals surface area (Å²) in [7, 11) is 0. The Hall–Kier alpha value is -1.37. The third-order valence-electron chi connectivity index (χ3n) is 4.69. The average molecular weight is 285 g/mol. The molecule has 1 saturated carbocycles. The van der Waals surface area contributed by atoms with Crippen LogP contribution in [0, 0.1) is 11.3 Å². The summed E-state index contributed by atoms with van der Waals surface area (Å²) in [6, 6.07) is 11.7. The Bertz CT molecular complexity index is 483. The molecule has 0 aromatic heterocycles. The molecule has 0 radical (unpaired) electrons. The van der Waals surface area contributed by atoms with Gasteiger partial charge in [-0.05, 0) is 63.3 Å². The Morgan fingerprint density at radius 3 is 2.67 bits per heavy atom. The van der Waals surface area contributed by atoms with Crippen LogP contribution in [0.2, 0.25) is 0 Å². The fraction of sp³-hybridized carbons (Fsp3) is 0.611. The number of rotatable bonds is 5. The van der Waals surface area contributed by atoms with Crippen LogP contribution >= 0.6 is 0 Å². The van der Waals surface area contributed by atoms with E-state index in [1.807, 2.05) is 18.2 Å². The van der Waals surface area contributed by atoms with Crippen LogP contribution in [0.4, 0.5) is 0 Å². The van der Waals surface area contributed by atoms with Gasteiger partial charge < -0.3 is 5.73 Å². The molecule has 0 aliphatic heterocycles. The first-order valence-corrected chi connectivity index (χ1v) is 8.17. The molecule has 0 saturated heterocycles. The molecule has 114 valence electrons. The van der Waals surface area contributed by atoms with Crippen LogP contribution in [0.15, 0.2) is 24.3 Å². The molecule has 1 aromatic rings. The van der Waals surface area contributed by atoms with Crippen molar-refractivity contribution in [3.8, 4) is 6.07 Å². The number of nitrogens with zero attached hydrogens (tertiary/aromatic N) is 2. The number of nitriles is 1. The largest absolute Gasteiger partial charge is 0.328 e. The van der Waals surface area contributed by atoms with Gasteiger partial charge in [0.05, 0.1) is 11.6 Å². The highest BCUT2D eigenvalue weighted by Gasteiger charge is 2.27. The van der Waals surface area contributed by atoms with Crippen molar-refractivity contribution < 1.29 is 0 Å². The van der Waals surface area contributed by atoms with Gasteiger partial charge in [0.25, 0.3) is 0 Å². The highest BCUT2D eigenvalue weighted by atomic mass is 15.2. The van der Waals surface area contributed by atoms with Gasteiger partial charge in [-0.15, -0.1) is 0 Å². The van der Waals surface area contributed by atoms with E-state index in [-0.39, 0.29) is 0 Å². The highest BCUT2D eigenvalue weighted by molar-refractivity contribution is 5.34. The van der Waals surface area contributed by atoms with Crippen molar-refractivity contribution >= 4 is 0 Å². The van der Waals surface area contributed by atoms with Crippen molar-refractivity contribution in [2.24, 2.45) is 5.73 Å². The van der Waals surface area contributed by atoms with Crippen molar-refractivity contribution in [3.63, 3.8) is 0 Å².